The van der Waals surface area contributed by atoms with Crippen LogP contribution in [0.25, 0.3) is 11.3 Å². The molecular weight excluding hydrogens is 334 g/mol. The Morgan fingerprint density at radius 2 is 2.08 bits per heavy atom. The van der Waals surface area contributed by atoms with E-state index in [2.05, 4.69) is 20.7 Å². The molecule has 25 heavy (non-hydrogen) atoms. The van der Waals surface area contributed by atoms with Gasteiger partial charge in [0.05, 0.1) is 24.5 Å². The first kappa shape index (κ1) is 17.2. The minimum Gasteiger partial charge on any atom is -0.332 e. The highest BCUT2D eigenvalue weighted by molar-refractivity contribution is 7.09. The van der Waals surface area contributed by atoms with Gasteiger partial charge >= 0.3 is 6.03 Å². The van der Waals surface area contributed by atoms with E-state index in [0.29, 0.717) is 6.54 Å². The molecule has 0 aliphatic carbocycles. The van der Waals surface area contributed by atoms with Gasteiger partial charge in [-0.2, -0.15) is 5.10 Å². The number of urea groups is 1. The zero-order valence-corrected chi connectivity index (χ0v) is 15.3. The largest absolute Gasteiger partial charge is 0.332 e. The maximum atomic E-state index is 12.1. The molecule has 6 nitrogen and oxygen atoms in total. The summed E-state index contributed by atoms with van der Waals surface area (Å²) in [5.74, 6) is 0. The predicted octanol–water partition coefficient (Wildman–Crippen LogP) is 3.41. The van der Waals surface area contributed by atoms with Gasteiger partial charge in [0.1, 0.15) is 5.01 Å². The van der Waals surface area contributed by atoms with E-state index in [9.17, 15) is 4.79 Å². The molecule has 1 unspecified atom stereocenters. The standard InChI is InChI=1S/C18H21N5OS/c1-12(15-9-20-23(3)13(15)2)21-18(24)19-10-17-22-16(11-25-17)14-7-5-4-6-8-14/h4-9,11-12H,10H2,1-3H3,(H2,19,21,24). The second-order valence-electron chi connectivity index (χ2n) is 5.85. The summed E-state index contributed by atoms with van der Waals surface area (Å²) in [6.07, 6.45) is 1.78. The van der Waals surface area contributed by atoms with Crippen molar-refractivity contribution < 1.29 is 4.79 Å². The van der Waals surface area contributed by atoms with Crippen LogP contribution in [0, 0.1) is 6.92 Å². The summed E-state index contributed by atoms with van der Waals surface area (Å²) in [5.41, 5.74) is 4.07. The van der Waals surface area contributed by atoms with Crippen molar-refractivity contribution in [3.63, 3.8) is 0 Å². The molecule has 0 saturated carbocycles. The van der Waals surface area contributed by atoms with Crippen LogP contribution in [0.3, 0.4) is 0 Å². The lowest BCUT2D eigenvalue weighted by atomic mass is 10.1. The fraction of sp³-hybridized carbons (Fsp3) is 0.278. The van der Waals surface area contributed by atoms with E-state index in [-0.39, 0.29) is 12.1 Å². The van der Waals surface area contributed by atoms with Crippen LogP contribution in [0.2, 0.25) is 0 Å². The Morgan fingerprint density at radius 1 is 1.32 bits per heavy atom. The number of hydrogen-bond donors (Lipinski definition) is 2. The summed E-state index contributed by atoms with van der Waals surface area (Å²) < 4.78 is 1.80. The van der Waals surface area contributed by atoms with Crippen LogP contribution in [0.4, 0.5) is 4.79 Å². The molecule has 0 saturated heterocycles. The zero-order chi connectivity index (χ0) is 17.8. The zero-order valence-electron chi connectivity index (χ0n) is 14.5. The van der Waals surface area contributed by atoms with E-state index in [4.69, 9.17) is 0 Å². The SMILES string of the molecule is Cc1c(C(C)NC(=O)NCc2nc(-c3ccccc3)cs2)cnn1C. The van der Waals surface area contributed by atoms with Gasteiger partial charge in [-0.25, -0.2) is 9.78 Å². The van der Waals surface area contributed by atoms with Gasteiger partial charge < -0.3 is 10.6 Å². The van der Waals surface area contributed by atoms with Crippen molar-refractivity contribution in [2.24, 2.45) is 7.05 Å². The third-order valence-electron chi connectivity index (χ3n) is 4.11. The van der Waals surface area contributed by atoms with Crippen LogP contribution in [0.1, 0.15) is 29.2 Å². The van der Waals surface area contributed by atoms with Crippen molar-refractivity contribution in [1.82, 2.24) is 25.4 Å². The van der Waals surface area contributed by atoms with E-state index in [0.717, 1.165) is 27.5 Å². The Labute approximate surface area is 150 Å². The van der Waals surface area contributed by atoms with Crippen LogP contribution in [-0.4, -0.2) is 20.8 Å². The highest BCUT2D eigenvalue weighted by Gasteiger charge is 2.14. The summed E-state index contributed by atoms with van der Waals surface area (Å²) in [6, 6.07) is 9.68. The molecule has 0 aliphatic heterocycles. The topological polar surface area (TPSA) is 71.8 Å². The molecule has 2 aromatic heterocycles. The molecule has 0 radical (unpaired) electrons. The van der Waals surface area contributed by atoms with Gasteiger partial charge in [0.2, 0.25) is 0 Å². The lowest BCUT2D eigenvalue weighted by Crippen LogP contribution is -2.36. The summed E-state index contributed by atoms with van der Waals surface area (Å²) in [4.78, 5) is 16.7. The summed E-state index contributed by atoms with van der Waals surface area (Å²) in [7, 11) is 1.89. The lowest BCUT2D eigenvalue weighted by molar-refractivity contribution is 0.237. The van der Waals surface area contributed by atoms with Gasteiger partial charge in [-0.15, -0.1) is 11.3 Å². The van der Waals surface area contributed by atoms with E-state index >= 15 is 0 Å². The summed E-state index contributed by atoms with van der Waals surface area (Å²) in [5, 5.41) is 12.9. The fourth-order valence-corrected chi connectivity index (χ4v) is 3.30. The molecule has 2 N–H and O–H groups in total. The molecule has 1 atom stereocenters. The second kappa shape index (κ2) is 7.48. The van der Waals surface area contributed by atoms with Gasteiger partial charge in [0.15, 0.2) is 0 Å². The smallest absolute Gasteiger partial charge is 0.315 e. The van der Waals surface area contributed by atoms with Gasteiger partial charge in [-0.3, -0.25) is 4.68 Å². The van der Waals surface area contributed by atoms with Gasteiger partial charge in [0, 0.05) is 29.2 Å². The Balaban J connectivity index is 1.54. The minimum absolute atomic E-state index is 0.107. The number of aromatic nitrogens is 3. The number of carbonyl (C=O) groups excluding carboxylic acids is 1. The van der Waals surface area contributed by atoms with Gasteiger partial charge in [0.25, 0.3) is 0 Å². The molecule has 2 heterocycles. The van der Waals surface area contributed by atoms with Crippen molar-refractivity contribution in [2.75, 3.05) is 0 Å². The van der Waals surface area contributed by atoms with E-state index in [1.807, 2.05) is 56.6 Å². The van der Waals surface area contributed by atoms with Crippen LogP contribution in [-0.2, 0) is 13.6 Å². The number of nitrogens with one attached hydrogen (secondary N) is 2. The molecule has 2 amide bonds. The average molecular weight is 355 g/mol. The Kier molecular flexibility index (Phi) is 5.14. The maximum Gasteiger partial charge on any atom is 0.315 e. The van der Waals surface area contributed by atoms with Crippen molar-refractivity contribution in [3.8, 4) is 11.3 Å². The average Bonchev–Trinajstić information content (AvgIpc) is 3.21. The number of aryl methyl sites for hydroxylation is 1. The number of carbonyl (C=O) groups is 1. The quantitative estimate of drug-likeness (QED) is 0.737. The number of hydrogen-bond acceptors (Lipinski definition) is 4. The van der Waals surface area contributed by atoms with Crippen molar-refractivity contribution >= 4 is 17.4 Å². The lowest BCUT2D eigenvalue weighted by Gasteiger charge is -2.14. The Bertz CT molecular complexity index is 855. The molecule has 7 heteroatoms. The normalized spacial score (nSPS) is 12.0. The fourth-order valence-electron chi connectivity index (χ4n) is 2.56. The number of amides is 2. The van der Waals surface area contributed by atoms with Crippen molar-refractivity contribution in [2.45, 2.75) is 26.4 Å². The molecule has 1 aromatic carbocycles. The molecule has 130 valence electrons. The molecule has 0 bridgehead atoms. The highest BCUT2D eigenvalue weighted by Crippen LogP contribution is 2.21. The van der Waals surface area contributed by atoms with E-state index < -0.39 is 0 Å². The maximum absolute atomic E-state index is 12.1. The molecule has 3 aromatic rings. The molecule has 0 spiro atoms. The first-order valence-electron chi connectivity index (χ1n) is 8.07. The molecule has 0 aliphatic rings. The van der Waals surface area contributed by atoms with E-state index in [1.54, 1.807) is 22.2 Å². The van der Waals surface area contributed by atoms with Crippen LogP contribution in [0.5, 0.6) is 0 Å². The van der Waals surface area contributed by atoms with Crippen LogP contribution in [0.15, 0.2) is 41.9 Å². The number of rotatable bonds is 5. The van der Waals surface area contributed by atoms with E-state index in [1.165, 1.54) is 0 Å². The third kappa shape index (κ3) is 4.06. The van der Waals surface area contributed by atoms with Gasteiger partial charge in [-0.05, 0) is 13.8 Å². The van der Waals surface area contributed by atoms with Crippen molar-refractivity contribution in [3.05, 3.63) is 58.2 Å². The third-order valence-corrected chi connectivity index (χ3v) is 4.96. The number of benzene rings is 1. The van der Waals surface area contributed by atoms with Crippen LogP contribution >= 0.6 is 11.3 Å². The predicted molar refractivity (Wildman–Crippen MR) is 99.3 cm³/mol. The second-order valence-corrected chi connectivity index (χ2v) is 6.79. The van der Waals surface area contributed by atoms with Gasteiger partial charge in [-0.1, -0.05) is 30.3 Å². The highest BCUT2D eigenvalue weighted by atomic mass is 32.1. The monoisotopic (exact) mass is 355 g/mol. The summed E-state index contributed by atoms with van der Waals surface area (Å²) >= 11 is 1.54. The molecular formula is C18H21N5OS. The first-order chi connectivity index (χ1) is 12.0. The summed E-state index contributed by atoms with van der Waals surface area (Å²) in [6.45, 7) is 4.33. The number of nitrogens with zero attached hydrogens (tertiary/aromatic N) is 3. The Morgan fingerprint density at radius 3 is 2.76 bits per heavy atom. The van der Waals surface area contributed by atoms with Crippen molar-refractivity contribution in [1.29, 1.82) is 0 Å². The number of thiazole rings is 1. The molecule has 0 fully saturated rings. The van der Waals surface area contributed by atoms with Crippen LogP contribution < -0.4 is 10.6 Å². The molecule has 3 rings (SSSR count). The first-order valence-corrected chi connectivity index (χ1v) is 8.95. The minimum atomic E-state index is -0.216. The Hall–Kier alpha value is -2.67.